The first-order valence-electron chi connectivity index (χ1n) is 7.86. The van der Waals surface area contributed by atoms with E-state index in [1.165, 1.54) is 4.88 Å². The molecule has 0 aliphatic carbocycles. The molecule has 0 bridgehead atoms. The lowest BCUT2D eigenvalue weighted by Gasteiger charge is -2.33. The molecule has 1 aromatic rings. The lowest BCUT2D eigenvalue weighted by molar-refractivity contribution is -0.124. The molecule has 4 nitrogen and oxygen atoms in total. The van der Waals surface area contributed by atoms with Gasteiger partial charge in [-0.3, -0.25) is 9.69 Å². The normalized spacial score (nSPS) is 15.1. The second-order valence-corrected chi connectivity index (χ2v) is 8.23. The number of nitrogens with one attached hydrogen (secondary N) is 1. The van der Waals surface area contributed by atoms with Gasteiger partial charge in [0.2, 0.25) is 5.91 Å². The van der Waals surface area contributed by atoms with Crippen molar-refractivity contribution in [1.82, 2.24) is 10.2 Å². The van der Waals surface area contributed by atoms with Gasteiger partial charge in [0, 0.05) is 17.5 Å². The van der Waals surface area contributed by atoms with E-state index in [9.17, 15) is 9.90 Å². The first-order chi connectivity index (χ1) is 10.1. The SMILES string of the molecule is CC(O)CN(CC(=O)NC(c1cccs1)C(C)(C)C)C(C)C. The predicted octanol–water partition coefficient (Wildman–Crippen LogP) is 3.04. The van der Waals surface area contributed by atoms with Gasteiger partial charge in [-0.05, 0) is 37.6 Å². The Morgan fingerprint density at radius 1 is 1.36 bits per heavy atom. The topological polar surface area (TPSA) is 52.6 Å². The number of carbonyl (C=O) groups excluding carboxylic acids is 1. The van der Waals surface area contributed by atoms with Crippen molar-refractivity contribution < 1.29 is 9.90 Å². The van der Waals surface area contributed by atoms with Gasteiger partial charge in [-0.15, -0.1) is 11.3 Å². The number of thiophene rings is 1. The maximum atomic E-state index is 12.5. The minimum absolute atomic E-state index is 0.000521. The van der Waals surface area contributed by atoms with E-state index in [4.69, 9.17) is 0 Å². The van der Waals surface area contributed by atoms with Crippen LogP contribution in [0.3, 0.4) is 0 Å². The van der Waals surface area contributed by atoms with Gasteiger partial charge in [-0.2, -0.15) is 0 Å². The molecule has 0 aliphatic rings. The zero-order chi connectivity index (χ0) is 16.9. The maximum absolute atomic E-state index is 12.5. The Balaban J connectivity index is 2.75. The number of amides is 1. The predicted molar refractivity (Wildman–Crippen MR) is 93.0 cm³/mol. The summed E-state index contributed by atoms with van der Waals surface area (Å²) in [6.45, 7) is 13.0. The molecule has 5 heteroatoms. The standard InChI is InChI=1S/C17H30N2O2S/c1-12(2)19(10-13(3)20)11-15(21)18-16(17(4,5)6)14-8-7-9-22-14/h7-9,12-13,16,20H,10-11H2,1-6H3,(H,18,21). The third-order valence-corrected chi connectivity index (χ3v) is 4.51. The number of hydrogen-bond donors (Lipinski definition) is 2. The Kier molecular flexibility index (Phi) is 7.03. The zero-order valence-electron chi connectivity index (χ0n) is 14.6. The van der Waals surface area contributed by atoms with Crippen LogP contribution in [0.15, 0.2) is 17.5 Å². The van der Waals surface area contributed by atoms with E-state index in [1.807, 2.05) is 30.2 Å². The number of nitrogens with zero attached hydrogens (tertiary/aromatic N) is 1. The zero-order valence-corrected chi connectivity index (χ0v) is 15.4. The molecular weight excluding hydrogens is 296 g/mol. The number of aliphatic hydroxyl groups is 1. The van der Waals surface area contributed by atoms with E-state index in [0.29, 0.717) is 13.1 Å². The molecular formula is C17H30N2O2S. The quantitative estimate of drug-likeness (QED) is 0.810. The van der Waals surface area contributed by atoms with Crippen LogP contribution in [-0.4, -0.2) is 41.1 Å². The van der Waals surface area contributed by atoms with Crippen LogP contribution >= 0.6 is 11.3 Å². The first-order valence-corrected chi connectivity index (χ1v) is 8.74. The summed E-state index contributed by atoms with van der Waals surface area (Å²) in [5.41, 5.74) is -0.0482. The maximum Gasteiger partial charge on any atom is 0.234 e. The molecule has 126 valence electrons. The van der Waals surface area contributed by atoms with Gasteiger partial charge in [-0.1, -0.05) is 26.8 Å². The number of hydrogen-bond acceptors (Lipinski definition) is 4. The summed E-state index contributed by atoms with van der Waals surface area (Å²) in [6, 6.07) is 4.30. The van der Waals surface area contributed by atoms with Gasteiger partial charge in [0.25, 0.3) is 0 Å². The molecule has 22 heavy (non-hydrogen) atoms. The van der Waals surface area contributed by atoms with Gasteiger partial charge in [0.15, 0.2) is 0 Å². The fourth-order valence-corrected chi connectivity index (χ4v) is 3.38. The van der Waals surface area contributed by atoms with Crippen LogP contribution in [0.2, 0.25) is 0 Å². The van der Waals surface area contributed by atoms with Crippen molar-refractivity contribution in [3.05, 3.63) is 22.4 Å². The number of rotatable bonds is 7. The van der Waals surface area contributed by atoms with Crippen molar-refractivity contribution in [3.8, 4) is 0 Å². The molecule has 1 rings (SSSR count). The van der Waals surface area contributed by atoms with Crippen molar-refractivity contribution in [2.24, 2.45) is 5.41 Å². The Morgan fingerprint density at radius 3 is 2.41 bits per heavy atom. The van der Waals surface area contributed by atoms with Gasteiger partial charge in [-0.25, -0.2) is 0 Å². The molecule has 1 aromatic heterocycles. The van der Waals surface area contributed by atoms with Crippen LogP contribution in [0.4, 0.5) is 0 Å². The summed E-state index contributed by atoms with van der Waals surface area (Å²) in [5, 5.41) is 14.8. The smallest absolute Gasteiger partial charge is 0.234 e. The molecule has 0 aliphatic heterocycles. The van der Waals surface area contributed by atoms with Crippen LogP contribution in [0.25, 0.3) is 0 Å². The van der Waals surface area contributed by atoms with Crippen molar-refractivity contribution in [2.45, 2.75) is 59.7 Å². The van der Waals surface area contributed by atoms with Crippen molar-refractivity contribution in [2.75, 3.05) is 13.1 Å². The summed E-state index contributed by atoms with van der Waals surface area (Å²) in [6.07, 6.45) is -0.439. The Bertz CT molecular complexity index is 450. The summed E-state index contributed by atoms with van der Waals surface area (Å²) in [5.74, 6) is 0.00248. The minimum Gasteiger partial charge on any atom is -0.392 e. The highest BCUT2D eigenvalue weighted by atomic mass is 32.1. The number of carbonyl (C=O) groups is 1. The average molecular weight is 327 g/mol. The van der Waals surface area contributed by atoms with E-state index in [2.05, 4.69) is 32.2 Å². The van der Waals surface area contributed by atoms with Crippen LogP contribution in [0.1, 0.15) is 52.5 Å². The molecule has 2 atom stereocenters. The average Bonchev–Trinajstić information content (AvgIpc) is 2.86. The van der Waals surface area contributed by atoms with E-state index < -0.39 is 6.10 Å². The fraction of sp³-hybridized carbons (Fsp3) is 0.706. The highest BCUT2D eigenvalue weighted by molar-refractivity contribution is 7.10. The number of aliphatic hydroxyl groups excluding tert-OH is 1. The second kappa shape index (κ2) is 8.09. The third-order valence-electron chi connectivity index (χ3n) is 3.57. The molecule has 1 heterocycles. The highest BCUT2D eigenvalue weighted by Gasteiger charge is 2.29. The van der Waals surface area contributed by atoms with Crippen molar-refractivity contribution >= 4 is 17.2 Å². The first kappa shape index (κ1) is 19.1. The second-order valence-electron chi connectivity index (χ2n) is 7.25. The van der Waals surface area contributed by atoms with Crippen molar-refractivity contribution in [1.29, 1.82) is 0 Å². The molecule has 0 fully saturated rings. The van der Waals surface area contributed by atoms with Gasteiger partial charge in [0.1, 0.15) is 0 Å². The van der Waals surface area contributed by atoms with E-state index in [-0.39, 0.29) is 23.4 Å². The van der Waals surface area contributed by atoms with E-state index >= 15 is 0 Å². The van der Waals surface area contributed by atoms with Crippen molar-refractivity contribution in [3.63, 3.8) is 0 Å². The molecule has 0 radical (unpaired) electrons. The summed E-state index contributed by atoms with van der Waals surface area (Å²) < 4.78 is 0. The van der Waals surface area contributed by atoms with Gasteiger partial charge >= 0.3 is 0 Å². The fourth-order valence-electron chi connectivity index (χ4n) is 2.36. The Hall–Kier alpha value is -0.910. The summed E-state index contributed by atoms with van der Waals surface area (Å²) in [7, 11) is 0. The largest absolute Gasteiger partial charge is 0.392 e. The van der Waals surface area contributed by atoms with E-state index in [0.717, 1.165) is 0 Å². The molecule has 1 amide bonds. The molecule has 0 saturated carbocycles. The lowest BCUT2D eigenvalue weighted by Crippen LogP contribution is -2.46. The van der Waals surface area contributed by atoms with Crippen LogP contribution < -0.4 is 5.32 Å². The molecule has 0 spiro atoms. The summed E-state index contributed by atoms with van der Waals surface area (Å²) >= 11 is 1.67. The van der Waals surface area contributed by atoms with E-state index in [1.54, 1.807) is 18.3 Å². The monoisotopic (exact) mass is 326 g/mol. The molecule has 0 aromatic carbocycles. The van der Waals surface area contributed by atoms with Crippen LogP contribution in [0.5, 0.6) is 0 Å². The lowest BCUT2D eigenvalue weighted by atomic mass is 9.85. The Labute approximate surface area is 138 Å². The Morgan fingerprint density at radius 2 is 2.00 bits per heavy atom. The van der Waals surface area contributed by atoms with Crippen LogP contribution in [-0.2, 0) is 4.79 Å². The third kappa shape index (κ3) is 6.07. The van der Waals surface area contributed by atoms with Crippen LogP contribution in [0, 0.1) is 5.41 Å². The molecule has 2 N–H and O–H groups in total. The summed E-state index contributed by atoms with van der Waals surface area (Å²) in [4.78, 5) is 15.6. The minimum atomic E-state index is -0.439. The molecule has 2 unspecified atom stereocenters. The molecule has 0 saturated heterocycles. The van der Waals surface area contributed by atoms with Gasteiger partial charge in [0.05, 0.1) is 18.7 Å². The van der Waals surface area contributed by atoms with Gasteiger partial charge < -0.3 is 10.4 Å². The highest BCUT2D eigenvalue weighted by Crippen LogP contribution is 2.35.